The molecule has 78 valence electrons. The van der Waals surface area contributed by atoms with E-state index < -0.39 is 0 Å². The number of nitrogens with zero attached hydrogens (tertiary/aromatic N) is 1. The predicted molar refractivity (Wildman–Crippen MR) is 60.5 cm³/mol. The fraction of sp³-hybridized carbons (Fsp3) is 0.462. The van der Waals surface area contributed by atoms with Crippen LogP contribution in [0.5, 0.6) is 0 Å². The highest BCUT2D eigenvalue weighted by atomic mass is 14.8. The zero-order valence-corrected chi connectivity index (χ0v) is 9.30. The molecule has 0 amide bonds. The fourth-order valence-corrected chi connectivity index (χ4v) is 1.92. The summed E-state index contributed by atoms with van der Waals surface area (Å²) in [5, 5.41) is 8.97. The van der Waals surface area contributed by atoms with Gasteiger partial charge in [0.25, 0.3) is 0 Å². The molecule has 1 fully saturated rings. The van der Waals surface area contributed by atoms with Gasteiger partial charge in [-0.3, -0.25) is 0 Å². The number of nitrogens with two attached hydrogens (primary N) is 1. The average molecular weight is 200 g/mol. The topological polar surface area (TPSA) is 49.8 Å². The van der Waals surface area contributed by atoms with Crippen LogP contribution in [-0.4, -0.2) is 5.54 Å². The summed E-state index contributed by atoms with van der Waals surface area (Å²) in [4.78, 5) is 0. The summed E-state index contributed by atoms with van der Waals surface area (Å²) in [5.41, 5.74) is 10.4. The van der Waals surface area contributed by atoms with Gasteiger partial charge in [0, 0.05) is 5.54 Å². The second-order valence-corrected chi connectivity index (χ2v) is 4.74. The van der Waals surface area contributed by atoms with Crippen molar-refractivity contribution in [3.8, 4) is 6.07 Å². The number of hydrogen-bond donors (Lipinski definition) is 1. The first-order valence-corrected chi connectivity index (χ1v) is 5.33. The summed E-state index contributed by atoms with van der Waals surface area (Å²) in [6.45, 7) is 4.07. The summed E-state index contributed by atoms with van der Waals surface area (Å²) >= 11 is 0. The Hall–Kier alpha value is -1.33. The van der Waals surface area contributed by atoms with Gasteiger partial charge in [-0.1, -0.05) is 6.07 Å². The van der Waals surface area contributed by atoms with Gasteiger partial charge in [0.1, 0.15) is 0 Å². The van der Waals surface area contributed by atoms with Crippen LogP contribution in [0.1, 0.15) is 35.1 Å². The second kappa shape index (κ2) is 3.36. The minimum absolute atomic E-state index is 0.0206. The van der Waals surface area contributed by atoms with E-state index in [1.54, 1.807) is 0 Å². The predicted octanol–water partition coefficient (Wildman–Crippen LogP) is 2.21. The quantitative estimate of drug-likeness (QED) is 0.795. The summed E-state index contributed by atoms with van der Waals surface area (Å²) in [6, 6.07) is 6.31. The van der Waals surface area contributed by atoms with Crippen LogP contribution < -0.4 is 5.73 Å². The molecule has 0 unspecified atom stereocenters. The molecule has 0 bridgehead atoms. The first-order valence-electron chi connectivity index (χ1n) is 5.33. The molecule has 1 aromatic carbocycles. The second-order valence-electron chi connectivity index (χ2n) is 4.74. The first kappa shape index (κ1) is 10.2. The molecule has 2 N–H and O–H groups in total. The van der Waals surface area contributed by atoms with Gasteiger partial charge in [-0.2, -0.15) is 5.26 Å². The summed E-state index contributed by atoms with van der Waals surface area (Å²) in [5.74, 6) is 0. The van der Waals surface area contributed by atoms with Crippen molar-refractivity contribution in [2.24, 2.45) is 5.73 Å². The highest BCUT2D eigenvalue weighted by molar-refractivity contribution is 5.44. The number of aryl methyl sites for hydroxylation is 2. The molecule has 2 nitrogen and oxygen atoms in total. The van der Waals surface area contributed by atoms with Crippen molar-refractivity contribution in [2.75, 3.05) is 0 Å². The lowest BCUT2D eigenvalue weighted by Gasteiger charge is -2.12. The molecule has 1 aliphatic rings. The Labute approximate surface area is 90.7 Å². The van der Waals surface area contributed by atoms with E-state index in [2.05, 4.69) is 19.1 Å². The van der Waals surface area contributed by atoms with Gasteiger partial charge in [0.2, 0.25) is 0 Å². The number of hydrogen-bond acceptors (Lipinski definition) is 2. The lowest BCUT2D eigenvalue weighted by Crippen LogP contribution is -2.25. The summed E-state index contributed by atoms with van der Waals surface area (Å²) in [7, 11) is 0. The van der Waals surface area contributed by atoms with E-state index in [0.29, 0.717) is 0 Å². The van der Waals surface area contributed by atoms with Crippen LogP contribution in [-0.2, 0) is 6.42 Å². The van der Waals surface area contributed by atoms with E-state index in [0.717, 1.165) is 30.4 Å². The van der Waals surface area contributed by atoms with Gasteiger partial charge in [-0.15, -0.1) is 0 Å². The van der Waals surface area contributed by atoms with Crippen molar-refractivity contribution in [3.63, 3.8) is 0 Å². The Kier molecular flexibility index (Phi) is 2.28. The van der Waals surface area contributed by atoms with Crippen LogP contribution in [0, 0.1) is 25.2 Å². The van der Waals surface area contributed by atoms with Crippen LogP contribution >= 0.6 is 0 Å². The van der Waals surface area contributed by atoms with Crippen molar-refractivity contribution < 1.29 is 0 Å². The zero-order chi connectivity index (χ0) is 11.1. The molecule has 1 saturated carbocycles. The minimum Gasteiger partial charge on any atom is -0.325 e. The van der Waals surface area contributed by atoms with Crippen molar-refractivity contribution in [3.05, 3.63) is 34.4 Å². The average Bonchev–Trinajstić information content (AvgIpc) is 2.89. The van der Waals surface area contributed by atoms with Crippen LogP contribution in [0.15, 0.2) is 12.1 Å². The molecular formula is C13H16N2. The van der Waals surface area contributed by atoms with Gasteiger partial charge in [-0.05, 0) is 55.9 Å². The lowest BCUT2D eigenvalue weighted by molar-refractivity contribution is 0.669. The Morgan fingerprint density at radius 1 is 1.33 bits per heavy atom. The summed E-state index contributed by atoms with van der Waals surface area (Å²) in [6.07, 6.45) is 3.14. The molecule has 0 heterocycles. The Bertz CT molecular complexity index is 437. The van der Waals surface area contributed by atoms with Gasteiger partial charge >= 0.3 is 0 Å². The third-order valence-corrected chi connectivity index (χ3v) is 3.24. The SMILES string of the molecule is Cc1cc(C)c(CC2(N)CC2)cc1C#N. The first-order chi connectivity index (χ1) is 7.04. The standard InChI is InChI=1S/C13H16N2/c1-9-5-10(2)12(8-14)6-11(9)7-13(15)3-4-13/h5-6H,3-4,7,15H2,1-2H3. The maximum atomic E-state index is 8.97. The molecule has 2 heteroatoms. The molecule has 1 aliphatic carbocycles. The smallest absolute Gasteiger partial charge is 0.0994 e. The van der Waals surface area contributed by atoms with E-state index in [1.807, 2.05) is 13.0 Å². The largest absolute Gasteiger partial charge is 0.325 e. The zero-order valence-electron chi connectivity index (χ0n) is 9.30. The molecule has 0 spiro atoms. The molecule has 15 heavy (non-hydrogen) atoms. The highest BCUT2D eigenvalue weighted by Crippen LogP contribution is 2.36. The van der Waals surface area contributed by atoms with Crippen molar-refractivity contribution in [1.29, 1.82) is 5.26 Å². The van der Waals surface area contributed by atoms with Gasteiger partial charge in [0.15, 0.2) is 0 Å². The monoisotopic (exact) mass is 200 g/mol. The Balaban J connectivity index is 2.35. The van der Waals surface area contributed by atoms with Gasteiger partial charge in [-0.25, -0.2) is 0 Å². The van der Waals surface area contributed by atoms with Crippen LogP contribution in [0.25, 0.3) is 0 Å². The van der Waals surface area contributed by atoms with Crippen LogP contribution in [0.4, 0.5) is 0 Å². The maximum Gasteiger partial charge on any atom is 0.0994 e. The molecule has 1 aromatic rings. The van der Waals surface area contributed by atoms with E-state index in [9.17, 15) is 0 Å². The van der Waals surface area contributed by atoms with Gasteiger partial charge < -0.3 is 5.73 Å². The molecule has 0 radical (unpaired) electrons. The summed E-state index contributed by atoms with van der Waals surface area (Å²) < 4.78 is 0. The van der Waals surface area contributed by atoms with Crippen LogP contribution in [0.2, 0.25) is 0 Å². The third-order valence-electron chi connectivity index (χ3n) is 3.24. The lowest BCUT2D eigenvalue weighted by atomic mass is 9.95. The maximum absolute atomic E-state index is 8.97. The van der Waals surface area contributed by atoms with Crippen LogP contribution in [0.3, 0.4) is 0 Å². The van der Waals surface area contributed by atoms with E-state index >= 15 is 0 Å². The van der Waals surface area contributed by atoms with E-state index in [4.69, 9.17) is 11.0 Å². The molecule has 0 atom stereocenters. The molecule has 2 rings (SSSR count). The minimum atomic E-state index is 0.0206. The number of nitriles is 1. The molecular weight excluding hydrogens is 184 g/mol. The number of rotatable bonds is 2. The highest BCUT2D eigenvalue weighted by Gasteiger charge is 2.38. The third kappa shape index (κ3) is 2.03. The van der Waals surface area contributed by atoms with Crippen molar-refractivity contribution in [2.45, 2.75) is 38.6 Å². The van der Waals surface area contributed by atoms with E-state index in [-0.39, 0.29) is 5.54 Å². The normalized spacial score (nSPS) is 17.2. The Morgan fingerprint density at radius 2 is 2.00 bits per heavy atom. The molecule has 0 aliphatic heterocycles. The molecule has 0 aromatic heterocycles. The van der Waals surface area contributed by atoms with Crippen molar-refractivity contribution >= 4 is 0 Å². The number of benzene rings is 1. The fourth-order valence-electron chi connectivity index (χ4n) is 1.92. The van der Waals surface area contributed by atoms with Crippen molar-refractivity contribution in [1.82, 2.24) is 0 Å². The van der Waals surface area contributed by atoms with E-state index in [1.165, 1.54) is 11.1 Å². The van der Waals surface area contributed by atoms with Gasteiger partial charge in [0.05, 0.1) is 11.6 Å². The molecule has 0 saturated heterocycles. The Morgan fingerprint density at radius 3 is 2.53 bits per heavy atom.